The number of nitriles is 1. The van der Waals surface area contributed by atoms with Gasteiger partial charge in [-0.1, -0.05) is 6.07 Å². The van der Waals surface area contributed by atoms with Crippen molar-refractivity contribution in [3.63, 3.8) is 0 Å². The first-order valence-electron chi connectivity index (χ1n) is 6.48. The van der Waals surface area contributed by atoms with Crippen LogP contribution in [0.2, 0.25) is 0 Å². The summed E-state index contributed by atoms with van der Waals surface area (Å²) in [7, 11) is 1.61. The predicted octanol–water partition coefficient (Wildman–Crippen LogP) is 2.07. The lowest BCUT2D eigenvalue weighted by molar-refractivity contribution is -0.130. The van der Waals surface area contributed by atoms with Crippen LogP contribution in [0.15, 0.2) is 23.8 Å². The van der Waals surface area contributed by atoms with Crippen molar-refractivity contribution < 1.29 is 14.3 Å². The highest BCUT2D eigenvalue weighted by molar-refractivity contribution is 14.1. The predicted molar refractivity (Wildman–Crippen MR) is 86.7 cm³/mol. The first kappa shape index (κ1) is 15.8. The first-order valence-corrected chi connectivity index (χ1v) is 7.56. The minimum Gasteiger partial charge on any atom is -0.496 e. The Hall–Kier alpha value is -1.59. The van der Waals surface area contributed by atoms with E-state index in [0.717, 1.165) is 14.9 Å². The molecule has 21 heavy (non-hydrogen) atoms. The summed E-state index contributed by atoms with van der Waals surface area (Å²) < 4.78 is 11.3. The largest absolute Gasteiger partial charge is 0.496 e. The molecule has 110 valence electrons. The molecular weight excluding hydrogens is 383 g/mol. The third-order valence-corrected chi connectivity index (χ3v) is 3.98. The summed E-state index contributed by atoms with van der Waals surface area (Å²) in [6, 6.07) is 7.51. The minimum atomic E-state index is -0.244. The van der Waals surface area contributed by atoms with Crippen LogP contribution in [0.25, 0.3) is 6.08 Å². The molecule has 1 saturated heterocycles. The Bertz CT molecular complexity index is 601. The number of carbonyl (C=O) groups is 1. The third kappa shape index (κ3) is 3.95. The Morgan fingerprint density at radius 2 is 2.19 bits per heavy atom. The van der Waals surface area contributed by atoms with Crippen LogP contribution < -0.4 is 4.74 Å². The summed E-state index contributed by atoms with van der Waals surface area (Å²) in [4.78, 5) is 13.9. The van der Waals surface area contributed by atoms with Gasteiger partial charge in [0.15, 0.2) is 0 Å². The number of methoxy groups -OCH3 is 1. The molecule has 1 fully saturated rings. The smallest absolute Gasteiger partial charge is 0.264 e. The molecule has 0 atom stereocenters. The second-order valence-electron chi connectivity index (χ2n) is 4.47. The van der Waals surface area contributed by atoms with Crippen molar-refractivity contribution >= 4 is 34.6 Å². The molecule has 0 saturated carbocycles. The number of morpholine rings is 1. The minimum absolute atomic E-state index is 0.137. The van der Waals surface area contributed by atoms with Crippen molar-refractivity contribution in [3.8, 4) is 11.8 Å². The molecule has 1 aliphatic heterocycles. The van der Waals surface area contributed by atoms with Gasteiger partial charge in [0, 0.05) is 13.1 Å². The van der Waals surface area contributed by atoms with E-state index in [-0.39, 0.29) is 11.5 Å². The Morgan fingerprint density at radius 3 is 2.76 bits per heavy atom. The van der Waals surface area contributed by atoms with E-state index >= 15 is 0 Å². The zero-order valence-corrected chi connectivity index (χ0v) is 13.8. The maximum Gasteiger partial charge on any atom is 0.264 e. The van der Waals surface area contributed by atoms with E-state index in [0.29, 0.717) is 26.3 Å². The highest BCUT2D eigenvalue weighted by Crippen LogP contribution is 2.23. The molecule has 0 aliphatic carbocycles. The molecule has 1 heterocycles. The van der Waals surface area contributed by atoms with Gasteiger partial charge in [0.25, 0.3) is 5.91 Å². The van der Waals surface area contributed by atoms with E-state index in [1.165, 1.54) is 0 Å². The van der Waals surface area contributed by atoms with Crippen molar-refractivity contribution in [2.24, 2.45) is 0 Å². The average Bonchev–Trinajstić information content (AvgIpc) is 2.53. The lowest BCUT2D eigenvalue weighted by Gasteiger charge is -2.26. The number of rotatable bonds is 3. The summed E-state index contributed by atoms with van der Waals surface area (Å²) in [6.45, 7) is 2.09. The van der Waals surface area contributed by atoms with Gasteiger partial charge >= 0.3 is 0 Å². The van der Waals surface area contributed by atoms with Crippen molar-refractivity contribution in [2.45, 2.75) is 0 Å². The van der Waals surface area contributed by atoms with E-state index in [9.17, 15) is 10.1 Å². The molecule has 1 aromatic carbocycles. The molecule has 6 heteroatoms. The normalized spacial score (nSPS) is 15.5. The zero-order valence-electron chi connectivity index (χ0n) is 11.6. The second-order valence-corrected chi connectivity index (χ2v) is 5.63. The van der Waals surface area contributed by atoms with Crippen LogP contribution in [0.3, 0.4) is 0 Å². The number of amides is 1. The van der Waals surface area contributed by atoms with Gasteiger partial charge in [0.2, 0.25) is 0 Å². The van der Waals surface area contributed by atoms with Gasteiger partial charge in [0.05, 0.1) is 23.9 Å². The molecule has 0 bridgehead atoms. The number of hydrogen-bond acceptors (Lipinski definition) is 4. The van der Waals surface area contributed by atoms with E-state index in [4.69, 9.17) is 9.47 Å². The van der Waals surface area contributed by atoms with Crippen molar-refractivity contribution in [3.05, 3.63) is 32.9 Å². The lowest BCUT2D eigenvalue weighted by Crippen LogP contribution is -2.41. The summed E-state index contributed by atoms with van der Waals surface area (Å²) in [6.07, 6.45) is 1.61. The van der Waals surface area contributed by atoms with Crippen molar-refractivity contribution in [1.29, 1.82) is 5.26 Å². The molecule has 2 rings (SSSR count). The maximum atomic E-state index is 12.3. The van der Waals surface area contributed by atoms with Gasteiger partial charge < -0.3 is 14.4 Å². The van der Waals surface area contributed by atoms with Crippen LogP contribution in [0.5, 0.6) is 5.75 Å². The Kier molecular flexibility index (Phi) is 5.59. The lowest BCUT2D eigenvalue weighted by atomic mass is 10.1. The van der Waals surface area contributed by atoms with Crippen LogP contribution >= 0.6 is 22.6 Å². The van der Waals surface area contributed by atoms with E-state index in [2.05, 4.69) is 22.6 Å². The number of benzene rings is 1. The van der Waals surface area contributed by atoms with Gasteiger partial charge in [-0.25, -0.2) is 0 Å². The first-order chi connectivity index (χ1) is 10.2. The molecule has 0 aromatic heterocycles. The van der Waals surface area contributed by atoms with Crippen LogP contribution in [0.1, 0.15) is 5.56 Å². The molecule has 0 radical (unpaired) electrons. The topological polar surface area (TPSA) is 62.6 Å². The third-order valence-electron chi connectivity index (χ3n) is 3.14. The molecule has 1 amide bonds. The fourth-order valence-electron chi connectivity index (χ4n) is 2.02. The second kappa shape index (κ2) is 7.43. The highest BCUT2D eigenvalue weighted by atomic mass is 127. The fraction of sp³-hybridized carbons (Fsp3) is 0.333. The molecule has 0 unspecified atom stereocenters. The number of hydrogen-bond donors (Lipinski definition) is 0. The molecule has 5 nitrogen and oxygen atoms in total. The summed E-state index contributed by atoms with van der Waals surface area (Å²) in [5.74, 6) is 0.525. The molecule has 1 aliphatic rings. The van der Waals surface area contributed by atoms with Crippen LogP contribution in [-0.2, 0) is 9.53 Å². The summed E-state index contributed by atoms with van der Waals surface area (Å²) in [5, 5.41) is 9.23. The van der Waals surface area contributed by atoms with Crippen LogP contribution in [-0.4, -0.2) is 44.2 Å². The Balaban J connectivity index is 2.22. The number of nitrogens with zero attached hydrogens (tertiary/aromatic N) is 2. The maximum absolute atomic E-state index is 12.3. The monoisotopic (exact) mass is 398 g/mol. The number of halogens is 1. The number of carbonyl (C=O) groups excluding carboxylic acids is 1. The van der Waals surface area contributed by atoms with Crippen molar-refractivity contribution in [1.82, 2.24) is 4.90 Å². The Morgan fingerprint density at radius 1 is 1.48 bits per heavy atom. The molecule has 1 aromatic rings. The van der Waals surface area contributed by atoms with E-state index in [1.807, 2.05) is 24.3 Å². The van der Waals surface area contributed by atoms with Crippen LogP contribution in [0.4, 0.5) is 0 Å². The van der Waals surface area contributed by atoms with Crippen molar-refractivity contribution in [2.75, 3.05) is 33.4 Å². The van der Waals surface area contributed by atoms with Gasteiger partial charge in [-0.2, -0.15) is 5.26 Å². The van der Waals surface area contributed by atoms with E-state index < -0.39 is 0 Å². The van der Waals surface area contributed by atoms with Crippen LogP contribution in [0, 0.1) is 14.9 Å². The van der Waals surface area contributed by atoms with Gasteiger partial charge in [-0.05, 0) is 46.4 Å². The fourth-order valence-corrected chi connectivity index (χ4v) is 2.78. The van der Waals surface area contributed by atoms with Gasteiger partial charge in [-0.3, -0.25) is 4.79 Å². The summed E-state index contributed by atoms with van der Waals surface area (Å²) >= 11 is 2.16. The SMILES string of the molecule is COc1ccc(/C=C(\C#N)C(=O)N2CCOCC2)cc1I. The average molecular weight is 398 g/mol. The van der Waals surface area contributed by atoms with E-state index in [1.54, 1.807) is 18.1 Å². The molecular formula is C15H15IN2O3. The Labute approximate surface area is 137 Å². The standard InChI is InChI=1S/C15H15IN2O3/c1-20-14-3-2-11(9-13(14)16)8-12(10-17)15(19)18-4-6-21-7-5-18/h2-3,8-9H,4-7H2,1H3/b12-8+. The summed E-state index contributed by atoms with van der Waals surface area (Å²) in [5.41, 5.74) is 0.941. The van der Waals surface area contributed by atoms with Gasteiger partial charge in [-0.15, -0.1) is 0 Å². The number of ether oxygens (including phenoxy) is 2. The molecule has 0 spiro atoms. The zero-order chi connectivity index (χ0) is 15.2. The molecule has 0 N–H and O–H groups in total. The van der Waals surface area contributed by atoms with Gasteiger partial charge in [0.1, 0.15) is 17.4 Å². The highest BCUT2D eigenvalue weighted by Gasteiger charge is 2.20. The quantitative estimate of drug-likeness (QED) is 0.445.